The van der Waals surface area contributed by atoms with Gasteiger partial charge in [-0.1, -0.05) is 0 Å². The van der Waals surface area contributed by atoms with E-state index >= 15 is 0 Å². The molecular weight excluding hydrogens is 200 g/mol. The van der Waals surface area contributed by atoms with E-state index in [1.165, 1.54) is 12.8 Å². The lowest BCUT2D eigenvalue weighted by atomic mass is 9.53. The van der Waals surface area contributed by atoms with Gasteiger partial charge in [0.1, 0.15) is 0 Å². The van der Waals surface area contributed by atoms with Crippen LogP contribution in [0.4, 0.5) is 0 Å². The lowest BCUT2D eigenvalue weighted by molar-refractivity contribution is -0.0697. The van der Waals surface area contributed by atoms with Gasteiger partial charge in [0.05, 0.1) is 11.2 Å². The highest BCUT2D eigenvalue weighted by molar-refractivity contribution is 5.34. The van der Waals surface area contributed by atoms with Crippen LogP contribution >= 0.6 is 0 Å². The highest BCUT2D eigenvalue weighted by Gasteiger charge is 2.86. The van der Waals surface area contributed by atoms with Crippen molar-refractivity contribution < 1.29 is 10.2 Å². The van der Waals surface area contributed by atoms with E-state index in [4.69, 9.17) is 0 Å². The summed E-state index contributed by atoms with van der Waals surface area (Å²) in [5.41, 5.74) is -0.919. The maximum Gasteiger partial charge on any atom is 0.0688 e. The Kier molecular flexibility index (Phi) is 1.12. The minimum atomic E-state index is -0.460. The summed E-state index contributed by atoms with van der Waals surface area (Å²) in [6.45, 7) is 4.13. The molecular formula is C14H20O2. The molecule has 16 heavy (non-hydrogen) atoms. The van der Waals surface area contributed by atoms with Crippen molar-refractivity contribution in [2.24, 2.45) is 47.3 Å². The van der Waals surface area contributed by atoms with Gasteiger partial charge in [-0.15, -0.1) is 0 Å². The van der Waals surface area contributed by atoms with Crippen molar-refractivity contribution >= 4 is 0 Å². The topological polar surface area (TPSA) is 40.5 Å². The number of hydrogen-bond acceptors (Lipinski definition) is 2. The van der Waals surface area contributed by atoms with Gasteiger partial charge in [-0.3, -0.25) is 0 Å². The van der Waals surface area contributed by atoms with Gasteiger partial charge in [0.25, 0.3) is 0 Å². The lowest BCUT2D eigenvalue weighted by Gasteiger charge is -2.51. The van der Waals surface area contributed by atoms with Crippen molar-refractivity contribution in [2.45, 2.75) is 37.9 Å². The molecule has 2 nitrogen and oxygen atoms in total. The summed E-state index contributed by atoms with van der Waals surface area (Å²) in [6, 6.07) is 0. The third-order valence-electron chi connectivity index (χ3n) is 7.49. The Balaban J connectivity index is 1.82. The quantitative estimate of drug-likeness (QED) is 0.645. The second-order valence-electron chi connectivity index (χ2n) is 7.61. The molecule has 10 atom stereocenters. The highest BCUT2D eigenvalue weighted by atomic mass is 16.3. The second-order valence-corrected chi connectivity index (χ2v) is 7.61. The molecule has 0 amide bonds. The van der Waals surface area contributed by atoms with Crippen LogP contribution in [0.5, 0.6) is 0 Å². The van der Waals surface area contributed by atoms with Crippen LogP contribution in [0.2, 0.25) is 0 Å². The average Bonchev–Trinajstić information content (AvgIpc) is 2.76. The molecule has 0 heterocycles. The molecule has 88 valence electrons. The van der Waals surface area contributed by atoms with Crippen LogP contribution < -0.4 is 0 Å². The molecule has 2 N–H and O–H groups in total. The Labute approximate surface area is 96.0 Å². The Morgan fingerprint density at radius 1 is 0.750 bits per heavy atom. The normalized spacial score (nSPS) is 81.8. The van der Waals surface area contributed by atoms with Crippen molar-refractivity contribution in [1.29, 1.82) is 0 Å². The Hall–Kier alpha value is -0.0800. The highest BCUT2D eigenvalue weighted by Crippen LogP contribution is 2.84. The summed E-state index contributed by atoms with van der Waals surface area (Å²) < 4.78 is 0. The van der Waals surface area contributed by atoms with Gasteiger partial charge in [-0.25, -0.2) is 0 Å². The van der Waals surface area contributed by atoms with Crippen molar-refractivity contribution in [3.63, 3.8) is 0 Å². The molecule has 0 aromatic carbocycles. The Morgan fingerprint density at radius 2 is 1.12 bits per heavy atom. The van der Waals surface area contributed by atoms with E-state index in [-0.39, 0.29) is 0 Å². The van der Waals surface area contributed by atoms with Gasteiger partial charge in [0, 0.05) is 0 Å². The molecule has 0 aromatic rings. The standard InChI is InChI=1S/C14H20O2/c1-13(15)9-5-3-4-6-7(9)12-11(13)8(5)10(6)14(12,2)16/h5-12,15-16H,3-4H2,1-2H3/t5?,6?,7?,8?,9?,10?,11?,12?,13-,14-/m0/s1. The maximum atomic E-state index is 10.8. The first kappa shape index (κ1) is 8.93. The molecule has 2 heteroatoms. The molecule has 0 radical (unpaired) electrons. The summed E-state index contributed by atoms with van der Waals surface area (Å²) in [5.74, 6) is 4.68. The fourth-order valence-electron chi connectivity index (χ4n) is 7.77. The van der Waals surface area contributed by atoms with Gasteiger partial charge >= 0.3 is 0 Å². The van der Waals surface area contributed by atoms with Gasteiger partial charge in [0.15, 0.2) is 0 Å². The fraction of sp³-hybridized carbons (Fsp3) is 1.00. The van der Waals surface area contributed by atoms with Gasteiger partial charge in [0.2, 0.25) is 0 Å². The first-order chi connectivity index (χ1) is 7.47. The first-order valence-electron chi connectivity index (χ1n) is 6.92. The lowest BCUT2D eigenvalue weighted by Crippen LogP contribution is -2.48. The van der Waals surface area contributed by atoms with Crippen LogP contribution in [0, 0.1) is 47.3 Å². The third kappa shape index (κ3) is 0.551. The van der Waals surface area contributed by atoms with Gasteiger partial charge in [-0.05, 0) is 74.0 Å². The second kappa shape index (κ2) is 2.01. The molecule has 0 spiro atoms. The SMILES string of the molecule is C[C@]1(O)C2C3CCC4C2C2C1C3C4[C@]2(C)O. The smallest absolute Gasteiger partial charge is 0.0688 e. The summed E-state index contributed by atoms with van der Waals surface area (Å²) >= 11 is 0. The van der Waals surface area contributed by atoms with E-state index in [2.05, 4.69) is 13.8 Å². The number of rotatable bonds is 0. The number of aliphatic hydroxyl groups is 2. The van der Waals surface area contributed by atoms with Gasteiger partial charge in [-0.2, -0.15) is 0 Å². The predicted octanol–water partition coefficient (Wildman–Crippen LogP) is 1.27. The fourth-order valence-corrected chi connectivity index (χ4v) is 7.77. The van der Waals surface area contributed by atoms with Crippen molar-refractivity contribution in [3.8, 4) is 0 Å². The van der Waals surface area contributed by atoms with Crippen LogP contribution in [0.25, 0.3) is 0 Å². The molecule has 6 rings (SSSR count). The van der Waals surface area contributed by atoms with E-state index in [1.807, 2.05) is 0 Å². The number of fused-ring (bicyclic) bond motifs is 1. The van der Waals surface area contributed by atoms with E-state index in [9.17, 15) is 10.2 Å². The van der Waals surface area contributed by atoms with E-state index in [0.29, 0.717) is 35.5 Å². The monoisotopic (exact) mass is 220 g/mol. The molecule has 0 saturated heterocycles. The Morgan fingerprint density at radius 3 is 1.50 bits per heavy atom. The van der Waals surface area contributed by atoms with Crippen molar-refractivity contribution in [1.82, 2.24) is 0 Å². The zero-order valence-electron chi connectivity index (χ0n) is 9.93. The summed E-state index contributed by atoms with van der Waals surface area (Å²) in [6.07, 6.45) is 2.64. The van der Waals surface area contributed by atoms with Crippen LogP contribution in [0.1, 0.15) is 26.7 Å². The largest absolute Gasteiger partial charge is 0.390 e. The molecule has 6 aliphatic carbocycles. The van der Waals surface area contributed by atoms with Crippen LogP contribution in [0.15, 0.2) is 0 Å². The predicted molar refractivity (Wildman–Crippen MR) is 58.4 cm³/mol. The molecule has 0 aromatic heterocycles. The zero-order chi connectivity index (χ0) is 11.0. The summed E-state index contributed by atoms with van der Waals surface area (Å²) in [7, 11) is 0. The van der Waals surface area contributed by atoms with Crippen LogP contribution in [-0.4, -0.2) is 21.4 Å². The van der Waals surface area contributed by atoms with E-state index in [1.54, 1.807) is 0 Å². The minimum absolute atomic E-state index is 0.420. The van der Waals surface area contributed by atoms with E-state index < -0.39 is 11.2 Å². The maximum absolute atomic E-state index is 10.8. The summed E-state index contributed by atoms with van der Waals surface area (Å²) in [5, 5.41) is 21.6. The minimum Gasteiger partial charge on any atom is -0.390 e. The van der Waals surface area contributed by atoms with Crippen LogP contribution in [-0.2, 0) is 0 Å². The first-order valence-corrected chi connectivity index (χ1v) is 6.92. The van der Waals surface area contributed by atoms with Crippen molar-refractivity contribution in [2.75, 3.05) is 0 Å². The van der Waals surface area contributed by atoms with Crippen LogP contribution in [0.3, 0.4) is 0 Å². The van der Waals surface area contributed by atoms with E-state index in [0.717, 1.165) is 11.8 Å². The molecule has 6 fully saturated rings. The molecule has 8 unspecified atom stereocenters. The molecule has 6 aliphatic rings. The van der Waals surface area contributed by atoms with Crippen molar-refractivity contribution in [3.05, 3.63) is 0 Å². The Bertz CT molecular complexity index is 362. The molecule has 6 saturated carbocycles. The molecule has 6 bridgehead atoms. The summed E-state index contributed by atoms with van der Waals surface area (Å²) in [4.78, 5) is 0. The molecule has 0 aliphatic heterocycles. The average molecular weight is 220 g/mol. The van der Waals surface area contributed by atoms with Gasteiger partial charge < -0.3 is 10.2 Å². The third-order valence-corrected chi connectivity index (χ3v) is 7.49. The zero-order valence-corrected chi connectivity index (χ0v) is 9.93. The number of hydrogen-bond donors (Lipinski definition) is 2.